The minimum atomic E-state index is -0.730. The molecule has 1 rings (SSSR count). The predicted octanol–water partition coefficient (Wildman–Crippen LogP) is 2.56. The lowest BCUT2D eigenvalue weighted by atomic mass is 10.1. The lowest BCUT2D eigenvalue weighted by Gasteiger charge is -2.24. The summed E-state index contributed by atoms with van der Waals surface area (Å²) in [5.41, 5.74) is 0. The summed E-state index contributed by atoms with van der Waals surface area (Å²) in [6.07, 6.45) is 2.26. The Morgan fingerprint density at radius 3 is 2.04 bits per heavy atom. The second-order valence-electron chi connectivity index (χ2n) is 6.54. The second-order valence-corrected chi connectivity index (χ2v) is 6.54. The average Bonchev–Trinajstić information content (AvgIpc) is 2.95. The van der Waals surface area contributed by atoms with Crippen LogP contribution in [0.25, 0.3) is 0 Å². The lowest BCUT2D eigenvalue weighted by Crippen LogP contribution is -2.41. The molecule has 152 valence electrons. The van der Waals surface area contributed by atoms with Crippen molar-refractivity contribution in [3.63, 3.8) is 0 Å². The molecule has 7 heteroatoms. The first kappa shape index (κ1) is 22.9. The summed E-state index contributed by atoms with van der Waals surface area (Å²) in [7, 11) is 1.83. The quantitative estimate of drug-likeness (QED) is 0.392. The van der Waals surface area contributed by atoms with E-state index in [4.69, 9.17) is 18.9 Å². The summed E-state index contributed by atoms with van der Waals surface area (Å²) in [5, 5.41) is 2.99. The summed E-state index contributed by atoms with van der Waals surface area (Å²) in [6, 6.07) is 0. The molecular weight excluding hydrogens is 338 g/mol. The van der Waals surface area contributed by atoms with Gasteiger partial charge >= 0.3 is 11.9 Å². The van der Waals surface area contributed by atoms with Crippen molar-refractivity contribution in [1.29, 1.82) is 0 Å². The van der Waals surface area contributed by atoms with Gasteiger partial charge in [0, 0.05) is 19.4 Å². The monoisotopic (exact) mass is 373 g/mol. The van der Waals surface area contributed by atoms with E-state index in [1.807, 2.05) is 27.8 Å². The number of likely N-dealkylation sites (N-methyl/N-ethyl adjacent to an activating group) is 1. The smallest absolute Gasteiger partial charge is 0.306 e. The molecule has 0 bridgehead atoms. The van der Waals surface area contributed by atoms with Crippen LogP contribution in [0.15, 0.2) is 0 Å². The number of esters is 2. The van der Waals surface area contributed by atoms with Crippen molar-refractivity contribution in [3.8, 4) is 0 Å². The van der Waals surface area contributed by atoms with Crippen LogP contribution in [0.2, 0.25) is 0 Å². The van der Waals surface area contributed by atoms with E-state index in [2.05, 4.69) is 5.32 Å². The fourth-order valence-corrected chi connectivity index (χ4v) is 2.76. The average molecular weight is 373 g/mol. The van der Waals surface area contributed by atoms with E-state index in [1.54, 1.807) is 0 Å². The van der Waals surface area contributed by atoms with E-state index in [0.29, 0.717) is 32.4 Å². The van der Waals surface area contributed by atoms with Crippen LogP contribution in [0.3, 0.4) is 0 Å². The molecule has 1 N–H and O–H groups in total. The van der Waals surface area contributed by atoms with Crippen molar-refractivity contribution in [2.24, 2.45) is 0 Å². The first-order chi connectivity index (χ1) is 12.6. The number of unbranched alkanes of at least 4 members (excludes halogenated alkanes) is 2. The Kier molecular flexibility index (Phi) is 11.5. The van der Waals surface area contributed by atoms with E-state index >= 15 is 0 Å². The topological polar surface area (TPSA) is 83.1 Å². The molecule has 4 unspecified atom stereocenters. The SMILES string of the molecule is CCCCC(=O)OC1C(CC)OC(OCCNC)C1OC(=O)CCCC. The molecule has 26 heavy (non-hydrogen) atoms. The van der Waals surface area contributed by atoms with Crippen molar-refractivity contribution in [3.05, 3.63) is 0 Å². The van der Waals surface area contributed by atoms with Crippen LogP contribution >= 0.6 is 0 Å². The fraction of sp³-hybridized carbons (Fsp3) is 0.895. The zero-order chi connectivity index (χ0) is 19.4. The van der Waals surface area contributed by atoms with Gasteiger partial charge in [0.15, 0.2) is 18.5 Å². The van der Waals surface area contributed by atoms with Gasteiger partial charge in [0.05, 0.1) is 6.61 Å². The molecule has 1 fully saturated rings. The van der Waals surface area contributed by atoms with Crippen molar-refractivity contribution in [1.82, 2.24) is 5.32 Å². The standard InChI is InChI=1S/C19H35NO6/c1-5-8-10-15(21)25-17-14(7-3)24-19(23-13-12-20-4)18(17)26-16(22)11-9-6-2/h14,17-20H,5-13H2,1-4H3. The van der Waals surface area contributed by atoms with Crippen LogP contribution in [0.5, 0.6) is 0 Å². The number of hydrogen-bond donors (Lipinski definition) is 1. The Bertz CT molecular complexity index is 417. The Labute approximate surface area is 157 Å². The number of ether oxygens (including phenoxy) is 4. The van der Waals surface area contributed by atoms with Crippen LogP contribution in [0.1, 0.15) is 65.7 Å². The maximum absolute atomic E-state index is 12.1. The Balaban J connectivity index is 2.80. The Morgan fingerprint density at radius 1 is 0.962 bits per heavy atom. The molecule has 1 heterocycles. The van der Waals surface area contributed by atoms with E-state index in [1.165, 1.54) is 0 Å². The third-order valence-electron chi connectivity index (χ3n) is 4.31. The van der Waals surface area contributed by atoms with Gasteiger partial charge in [0.2, 0.25) is 0 Å². The summed E-state index contributed by atoms with van der Waals surface area (Å²) >= 11 is 0. The van der Waals surface area contributed by atoms with Crippen LogP contribution in [-0.2, 0) is 28.5 Å². The summed E-state index contributed by atoms with van der Waals surface area (Å²) in [6.45, 7) is 7.04. The van der Waals surface area contributed by atoms with Gasteiger partial charge in [-0.25, -0.2) is 0 Å². The fourth-order valence-electron chi connectivity index (χ4n) is 2.76. The Hall–Kier alpha value is -1.18. The largest absolute Gasteiger partial charge is 0.455 e. The highest BCUT2D eigenvalue weighted by molar-refractivity contribution is 5.70. The molecule has 0 amide bonds. The minimum Gasteiger partial charge on any atom is -0.455 e. The maximum atomic E-state index is 12.1. The summed E-state index contributed by atoms with van der Waals surface area (Å²) in [4.78, 5) is 24.3. The lowest BCUT2D eigenvalue weighted by molar-refractivity contribution is -0.189. The van der Waals surface area contributed by atoms with Gasteiger partial charge in [0.1, 0.15) is 6.10 Å². The molecule has 0 spiro atoms. The van der Waals surface area contributed by atoms with Gasteiger partial charge in [-0.3, -0.25) is 9.59 Å². The van der Waals surface area contributed by atoms with Crippen molar-refractivity contribution in [2.75, 3.05) is 20.2 Å². The number of carbonyl (C=O) groups is 2. The number of carbonyl (C=O) groups excluding carboxylic acids is 2. The zero-order valence-corrected chi connectivity index (χ0v) is 16.6. The van der Waals surface area contributed by atoms with Crippen molar-refractivity contribution >= 4 is 11.9 Å². The molecular formula is C19H35NO6. The minimum absolute atomic E-state index is 0.288. The molecule has 0 aromatic carbocycles. The first-order valence-corrected chi connectivity index (χ1v) is 9.87. The summed E-state index contributed by atoms with van der Waals surface area (Å²) in [5.74, 6) is -0.599. The normalized spacial score (nSPS) is 25.2. The molecule has 0 saturated carbocycles. The third-order valence-corrected chi connectivity index (χ3v) is 4.31. The third kappa shape index (κ3) is 7.60. The number of rotatable bonds is 13. The van der Waals surface area contributed by atoms with Gasteiger partial charge in [-0.1, -0.05) is 33.6 Å². The van der Waals surface area contributed by atoms with E-state index in [9.17, 15) is 9.59 Å². The molecule has 0 aromatic heterocycles. The molecule has 4 atom stereocenters. The molecule has 1 aliphatic rings. The highest BCUT2D eigenvalue weighted by atomic mass is 16.7. The molecule has 0 aliphatic carbocycles. The van der Waals surface area contributed by atoms with E-state index in [-0.39, 0.29) is 18.0 Å². The van der Waals surface area contributed by atoms with Gasteiger partial charge in [-0.15, -0.1) is 0 Å². The number of nitrogens with one attached hydrogen (secondary N) is 1. The van der Waals surface area contributed by atoms with Gasteiger partial charge < -0.3 is 24.3 Å². The van der Waals surface area contributed by atoms with Gasteiger partial charge in [0.25, 0.3) is 0 Å². The van der Waals surface area contributed by atoms with Crippen molar-refractivity contribution in [2.45, 2.75) is 90.3 Å². The second kappa shape index (κ2) is 13.1. The Morgan fingerprint density at radius 2 is 1.54 bits per heavy atom. The zero-order valence-electron chi connectivity index (χ0n) is 16.6. The van der Waals surface area contributed by atoms with Gasteiger partial charge in [-0.05, 0) is 26.3 Å². The number of hydrogen-bond acceptors (Lipinski definition) is 7. The van der Waals surface area contributed by atoms with E-state index in [0.717, 1.165) is 25.7 Å². The highest BCUT2D eigenvalue weighted by Crippen LogP contribution is 2.30. The van der Waals surface area contributed by atoms with Crippen LogP contribution in [-0.4, -0.2) is 56.7 Å². The highest BCUT2D eigenvalue weighted by Gasteiger charge is 2.49. The summed E-state index contributed by atoms with van der Waals surface area (Å²) < 4.78 is 22.9. The van der Waals surface area contributed by atoms with E-state index < -0.39 is 18.5 Å². The van der Waals surface area contributed by atoms with Gasteiger partial charge in [-0.2, -0.15) is 0 Å². The van der Waals surface area contributed by atoms with Crippen molar-refractivity contribution < 1.29 is 28.5 Å². The first-order valence-electron chi connectivity index (χ1n) is 9.87. The predicted molar refractivity (Wildman–Crippen MR) is 97.6 cm³/mol. The van der Waals surface area contributed by atoms with Crippen LogP contribution in [0.4, 0.5) is 0 Å². The maximum Gasteiger partial charge on any atom is 0.306 e. The molecule has 0 aromatic rings. The molecule has 1 aliphatic heterocycles. The molecule has 7 nitrogen and oxygen atoms in total. The van der Waals surface area contributed by atoms with Crippen LogP contribution in [0, 0.1) is 0 Å². The molecule has 0 radical (unpaired) electrons. The molecule has 1 saturated heterocycles. The van der Waals surface area contributed by atoms with Crippen LogP contribution < -0.4 is 5.32 Å².